The van der Waals surface area contributed by atoms with Crippen molar-refractivity contribution in [2.75, 3.05) is 33.7 Å². The lowest BCUT2D eigenvalue weighted by atomic mass is 9.91. The van der Waals surface area contributed by atoms with Crippen molar-refractivity contribution in [1.82, 2.24) is 20.0 Å². The minimum absolute atomic E-state index is 0.0895. The molecule has 37 heavy (non-hydrogen) atoms. The largest absolute Gasteiger partial charge is 0.489 e. The number of carbonyl (C=O) groups excluding carboxylic acids is 1. The number of aromatic nitrogens is 2. The molecule has 1 aromatic heterocycles. The first-order chi connectivity index (χ1) is 17.3. The van der Waals surface area contributed by atoms with E-state index in [4.69, 9.17) is 19.9 Å². The summed E-state index contributed by atoms with van der Waals surface area (Å²) in [6, 6.07) is 0. The summed E-state index contributed by atoms with van der Waals surface area (Å²) in [4.78, 5) is 21.2. The van der Waals surface area contributed by atoms with Crippen molar-refractivity contribution in [3.8, 4) is 0 Å². The van der Waals surface area contributed by atoms with Gasteiger partial charge in [0.05, 0.1) is 18.2 Å². The smallest absolute Gasteiger partial charge is 0.307 e. The Bertz CT molecular complexity index is 1070. The average Bonchev–Trinajstić information content (AvgIpc) is 3.25. The zero-order valence-corrected chi connectivity index (χ0v) is 24.3. The number of hydrogen-bond acceptors (Lipinski definition) is 10. The zero-order valence-electron chi connectivity index (χ0n) is 23.5. The van der Waals surface area contributed by atoms with Gasteiger partial charge in [0.15, 0.2) is 0 Å². The Kier molecular flexibility index (Phi) is 9.63. The van der Waals surface area contributed by atoms with Gasteiger partial charge in [0.25, 0.3) is 0 Å². The van der Waals surface area contributed by atoms with Crippen molar-refractivity contribution in [3.05, 3.63) is 28.6 Å². The van der Waals surface area contributed by atoms with Gasteiger partial charge < -0.3 is 24.7 Å². The van der Waals surface area contributed by atoms with Crippen molar-refractivity contribution < 1.29 is 14.3 Å². The van der Waals surface area contributed by atoms with Crippen LogP contribution in [-0.4, -0.2) is 82.8 Å². The summed E-state index contributed by atoms with van der Waals surface area (Å²) in [7, 11) is 4.06. The van der Waals surface area contributed by atoms with Gasteiger partial charge in [-0.1, -0.05) is 17.4 Å². The molecular formula is C27H42N6O3S. The van der Waals surface area contributed by atoms with Crippen molar-refractivity contribution in [2.24, 2.45) is 10.9 Å². The van der Waals surface area contributed by atoms with Crippen LogP contribution in [0.25, 0.3) is 0 Å². The molecule has 10 heteroatoms. The first-order valence-electron chi connectivity index (χ1n) is 13.0. The lowest BCUT2D eigenvalue weighted by Crippen LogP contribution is -2.44. The summed E-state index contributed by atoms with van der Waals surface area (Å²) in [5.74, 6) is 0.744. The van der Waals surface area contributed by atoms with Crippen LogP contribution in [0.2, 0.25) is 0 Å². The SMILES string of the molecule is CC(=Nc1nnc(C2C=CC(OC(C)C)=C(N(C)C)C2)s1)C1CN(CCC(=O)OC(C)(C)C)CCC1=N. The Morgan fingerprint density at radius 3 is 2.70 bits per heavy atom. The maximum Gasteiger partial charge on any atom is 0.307 e. The van der Waals surface area contributed by atoms with Crippen LogP contribution in [0.3, 0.4) is 0 Å². The van der Waals surface area contributed by atoms with E-state index >= 15 is 0 Å². The van der Waals surface area contributed by atoms with Gasteiger partial charge in [-0.05, 0) is 54.0 Å². The van der Waals surface area contributed by atoms with Gasteiger partial charge in [-0.25, -0.2) is 4.99 Å². The first kappa shape index (κ1) is 29.0. The summed E-state index contributed by atoms with van der Waals surface area (Å²) in [6.07, 6.45) is 6.08. The molecule has 0 amide bonds. The van der Waals surface area contributed by atoms with E-state index in [1.165, 1.54) is 11.3 Å². The number of rotatable bonds is 9. The van der Waals surface area contributed by atoms with Crippen LogP contribution in [0.15, 0.2) is 28.6 Å². The van der Waals surface area contributed by atoms with E-state index in [1.54, 1.807) is 0 Å². The Labute approximate surface area is 225 Å². The third-order valence-electron chi connectivity index (χ3n) is 6.21. The van der Waals surface area contributed by atoms with E-state index in [9.17, 15) is 4.79 Å². The highest BCUT2D eigenvalue weighted by molar-refractivity contribution is 7.15. The van der Waals surface area contributed by atoms with Crippen molar-refractivity contribution >= 4 is 33.9 Å². The molecule has 2 aliphatic rings. The highest BCUT2D eigenvalue weighted by Crippen LogP contribution is 2.36. The summed E-state index contributed by atoms with van der Waals surface area (Å²) in [5, 5.41) is 18.8. The van der Waals surface area contributed by atoms with Gasteiger partial charge in [0.2, 0.25) is 5.13 Å². The topological polar surface area (TPSA) is 104 Å². The Morgan fingerprint density at radius 2 is 2.05 bits per heavy atom. The van der Waals surface area contributed by atoms with Gasteiger partial charge >= 0.3 is 5.97 Å². The van der Waals surface area contributed by atoms with Gasteiger partial charge in [0.1, 0.15) is 16.4 Å². The molecule has 1 fully saturated rings. The van der Waals surface area contributed by atoms with Crippen LogP contribution in [-0.2, 0) is 14.3 Å². The van der Waals surface area contributed by atoms with E-state index in [0.29, 0.717) is 36.8 Å². The fourth-order valence-corrected chi connectivity index (χ4v) is 5.26. The summed E-state index contributed by atoms with van der Waals surface area (Å²) in [6.45, 7) is 13.7. The maximum absolute atomic E-state index is 12.1. The standard InChI is InChI=1S/C27H42N6O3S/c1-17(2)35-23-10-9-19(15-22(23)32(7)8)25-30-31-26(37-25)29-18(3)20-16-33(13-11-21(20)28)14-12-24(34)36-27(4,5)6/h9-10,17,19-20,28H,11-16H2,1-8H3. The van der Waals surface area contributed by atoms with Gasteiger partial charge in [-0.2, -0.15) is 0 Å². The molecule has 2 atom stereocenters. The first-order valence-corrected chi connectivity index (χ1v) is 13.8. The molecule has 3 rings (SSSR count). The average molecular weight is 531 g/mol. The van der Waals surface area contributed by atoms with Crippen molar-refractivity contribution in [2.45, 2.75) is 78.4 Å². The number of nitrogens with one attached hydrogen (secondary N) is 1. The number of carbonyl (C=O) groups is 1. The molecule has 2 unspecified atom stereocenters. The number of nitrogens with zero attached hydrogens (tertiary/aromatic N) is 5. The lowest BCUT2D eigenvalue weighted by Gasteiger charge is -2.33. The molecule has 0 saturated carbocycles. The second-order valence-electron chi connectivity index (χ2n) is 11.2. The number of allylic oxidation sites excluding steroid dienone is 3. The highest BCUT2D eigenvalue weighted by atomic mass is 32.1. The normalized spacial score (nSPS) is 21.5. The molecule has 0 radical (unpaired) electrons. The number of piperidine rings is 1. The molecule has 0 aromatic carbocycles. The Morgan fingerprint density at radius 1 is 1.32 bits per heavy atom. The fraction of sp³-hybridized carbons (Fsp3) is 0.667. The maximum atomic E-state index is 12.1. The molecule has 2 heterocycles. The van der Waals surface area contributed by atoms with E-state index in [-0.39, 0.29) is 23.9 Å². The number of ether oxygens (including phenoxy) is 2. The number of esters is 1. The van der Waals surface area contributed by atoms with Crippen molar-refractivity contribution in [1.29, 1.82) is 5.41 Å². The quantitative estimate of drug-likeness (QED) is 0.356. The van der Waals surface area contributed by atoms with Crippen LogP contribution in [0.4, 0.5) is 5.13 Å². The molecule has 0 bridgehead atoms. The summed E-state index contributed by atoms with van der Waals surface area (Å²) >= 11 is 1.49. The van der Waals surface area contributed by atoms with Gasteiger partial charge in [-0.15, -0.1) is 10.2 Å². The molecule has 1 saturated heterocycles. The molecule has 1 N–H and O–H groups in total. The van der Waals surface area contributed by atoms with Crippen LogP contribution in [0.5, 0.6) is 0 Å². The number of hydrogen-bond donors (Lipinski definition) is 1. The summed E-state index contributed by atoms with van der Waals surface area (Å²) < 4.78 is 11.4. The van der Waals surface area contributed by atoms with Gasteiger partial charge in [-0.3, -0.25) is 4.79 Å². The minimum atomic E-state index is -0.477. The second kappa shape index (κ2) is 12.3. The van der Waals surface area contributed by atoms with E-state index in [2.05, 4.69) is 26.1 Å². The fourth-order valence-electron chi connectivity index (χ4n) is 4.40. The lowest BCUT2D eigenvalue weighted by molar-refractivity contribution is -0.155. The summed E-state index contributed by atoms with van der Waals surface area (Å²) in [5.41, 5.74) is 2.19. The second-order valence-corrected chi connectivity index (χ2v) is 12.2. The van der Waals surface area contributed by atoms with Gasteiger partial charge in [0, 0.05) is 63.4 Å². The molecule has 9 nitrogen and oxygen atoms in total. The third kappa shape index (κ3) is 8.46. The molecule has 1 aliphatic heterocycles. The Hall–Kier alpha value is -2.59. The molecular weight excluding hydrogens is 488 g/mol. The van der Waals surface area contributed by atoms with E-state index in [1.807, 2.05) is 61.7 Å². The highest BCUT2D eigenvalue weighted by Gasteiger charge is 2.28. The molecule has 0 spiro atoms. The van der Waals surface area contributed by atoms with E-state index in [0.717, 1.165) is 35.1 Å². The van der Waals surface area contributed by atoms with Crippen LogP contribution in [0, 0.1) is 11.3 Å². The third-order valence-corrected chi connectivity index (χ3v) is 7.16. The van der Waals surface area contributed by atoms with Crippen LogP contribution < -0.4 is 0 Å². The molecule has 1 aromatic rings. The Balaban J connectivity index is 1.64. The van der Waals surface area contributed by atoms with Crippen molar-refractivity contribution in [3.63, 3.8) is 0 Å². The monoisotopic (exact) mass is 530 g/mol. The number of likely N-dealkylation sites (tertiary alicyclic amines) is 1. The van der Waals surface area contributed by atoms with Crippen LogP contribution >= 0.6 is 11.3 Å². The molecule has 1 aliphatic carbocycles. The zero-order chi connectivity index (χ0) is 27.3. The number of aliphatic imine (C=N–C) groups is 1. The predicted molar refractivity (Wildman–Crippen MR) is 149 cm³/mol. The molecule has 204 valence electrons. The van der Waals surface area contributed by atoms with Crippen LogP contribution in [0.1, 0.15) is 71.7 Å². The van der Waals surface area contributed by atoms with E-state index < -0.39 is 5.60 Å². The predicted octanol–water partition coefficient (Wildman–Crippen LogP) is 4.95. The minimum Gasteiger partial charge on any atom is -0.489 e.